The molecule has 0 aliphatic heterocycles. The third-order valence-electron chi connectivity index (χ3n) is 2.16. The highest BCUT2D eigenvalue weighted by atomic mass is 14.9. The molecule has 0 aliphatic rings. The predicted octanol–water partition coefficient (Wildman–Crippen LogP) is 0.740. The zero-order valence-corrected chi connectivity index (χ0v) is 8.50. The summed E-state index contributed by atoms with van der Waals surface area (Å²) in [6, 6.07) is 12.0. The van der Waals surface area contributed by atoms with Crippen LogP contribution in [0.5, 0.6) is 0 Å². The van der Waals surface area contributed by atoms with Crippen molar-refractivity contribution in [1.82, 2.24) is 9.97 Å². The van der Waals surface area contributed by atoms with Gasteiger partial charge >= 0.3 is 0 Å². The van der Waals surface area contributed by atoms with Crippen molar-refractivity contribution in [2.24, 2.45) is 0 Å². The maximum Gasteiger partial charge on any atom is 0.119 e. The van der Waals surface area contributed by atoms with Gasteiger partial charge in [0.25, 0.3) is 0 Å². The van der Waals surface area contributed by atoms with Crippen LogP contribution < -0.4 is 5.32 Å². The third kappa shape index (κ3) is 3.14. The lowest BCUT2D eigenvalue weighted by Gasteiger charge is -2.00. The van der Waals surface area contributed by atoms with Gasteiger partial charge in [-0.25, -0.2) is 0 Å². The second-order valence-corrected chi connectivity index (χ2v) is 3.34. The predicted molar refractivity (Wildman–Crippen MR) is 57.8 cm³/mol. The van der Waals surface area contributed by atoms with Crippen molar-refractivity contribution in [3.05, 3.63) is 60.2 Å². The van der Waals surface area contributed by atoms with Crippen molar-refractivity contribution >= 4 is 0 Å². The van der Waals surface area contributed by atoms with Crippen LogP contribution in [-0.4, -0.2) is 9.97 Å². The van der Waals surface area contributed by atoms with E-state index in [0.29, 0.717) is 0 Å². The summed E-state index contributed by atoms with van der Waals surface area (Å²) in [7, 11) is 0. The van der Waals surface area contributed by atoms with Crippen LogP contribution in [0.1, 0.15) is 11.4 Å². The minimum atomic E-state index is 0.900. The number of quaternary nitrogens is 1. The Morgan fingerprint density at radius 3 is 1.73 bits per heavy atom. The van der Waals surface area contributed by atoms with Gasteiger partial charge in [-0.05, 0) is 24.3 Å². The van der Waals surface area contributed by atoms with E-state index in [1.807, 2.05) is 48.8 Å². The van der Waals surface area contributed by atoms with E-state index in [0.717, 1.165) is 24.5 Å². The monoisotopic (exact) mass is 200 g/mol. The van der Waals surface area contributed by atoms with Gasteiger partial charge < -0.3 is 5.32 Å². The SMILES string of the molecule is c1ccc(C[NH2+]Cc2ccccn2)nc1. The van der Waals surface area contributed by atoms with Gasteiger partial charge in [-0.15, -0.1) is 0 Å². The van der Waals surface area contributed by atoms with Crippen molar-refractivity contribution in [1.29, 1.82) is 0 Å². The van der Waals surface area contributed by atoms with Gasteiger partial charge in [0.15, 0.2) is 0 Å². The Hall–Kier alpha value is -1.74. The van der Waals surface area contributed by atoms with Gasteiger partial charge in [0.2, 0.25) is 0 Å². The molecule has 0 amide bonds. The Bertz CT molecular complexity index is 347. The lowest BCUT2D eigenvalue weighted by atomic mass is 10.3. The zero-order chi connectivity index (χ0) is 10.3. The first-order valence-corrected chi connectivity index (χ1v) is 5.06. The zero-order valence-electron chi connectivity index (χ0n) is 8.50. The van der Waals surface area contributed by atoms with Crippen molar-refractivity contribution in [3.63, 3.8) is 0 Å². The lowest BCUT2D eigenvalue weighted by Crippen LogP contribution is -2.81. The van der Waals surface area contributed by atoms with E-state index in [1.54, 1.807) is 0 Å². The van der Waals surface area contributed by atoms with Crippen LogP contribution in [0.2, 0.25) is 0 Å². The smallest absolute Gasteiger partial charge is 0.119 e. The molecule has 2 heterocycles. The number of hydrogen-bond acceptors (Lipinski definition) is 2. The second kappa shape index (κ2) is 5.22. The summed E-state index contributed by atoms with van der Waals surface area (Å²) in [6.45, 7) is 1.80. The fourth-order valence-corrected chi connectivity index (χ4v) is 1.41. The molecule has 0 spiro atoms. The van der Waals surface area contributed by atoms with Crippen molar-refractivity contribution in [3.8, 4) is 0 Å². The summed E-state index contributed by atoms with van der Waals surface area (Å²) in [6.07, 6.45) is 3.65. The van der Waals surface area contributed by atoms with Crippen molar-refractivity contribution in [2.45, 2.75) is 13.1 Å². The molecule has 0 aliphatic carbocycles. The van der Waals surface area contributed by atoms with E-state index in [1.165, 1.54) is 0 Å². The van der Waals surface area contributed by atoms with Gasteiger partial charge in [0.1, 0.15) is 13.1 Å². The topological polar surface area (TPSA) is 42.4 Å². The molecule has 15 heavy (non-hydrogen) atoms. The third-order valence-corrected chi connectivity index (χ3v) is 2.16. The average Bonchev–Trinajstić information content (AvgIpc) is 2.32. The molecule has 2 aromatic heterocycles. The van der Waals surface area contributed by atoms with E-state index in [-0.39, 0.29) is 0 Å². The summed E-state index contributed by atoms with van der Waals surface area (Å²) in [5.74, 6) is 0. The molecule has 0 fully saturated rings. The van der Waals surface area contributed by atoms with E-state index < -0.39 is 0 Å². The lowest BCUT2D eigenvalue weighted by molar-refractivity contribution is -0.687. The fraction of sp³-hybridized carbons (Fsp3) is 0.167. The molecule has 3 heteroatoms. The number of hydrogen-bond donors (Lipinski definition) is 1. The Labute approximate surface area is 89.2 Å². The molecule has 0 unspecified atom stereocenters. The molecule has 2 aromatic rings. The maximum absolute atomic E-state index is 4.26. The Morgan fingerprint density at radius 2 is 1.33 bits per heavy atom. The molecule has 0 radical (unpaired) electrons. The Kier molecular flexibility index (Phi) is 3.41. The minimum Gasteiger partial charge on any atom is -0.336 e. The van der Waals surface area contributed by atoms with Gasteiger partial charge in [0.05, 0.1) is 11.4 Å². The van der Waals surface area contributed by atoms with Crippen LogP contribution in [0, 0.1) is 0 Å². The first-order chi connectivity index (χ1) is 7.45. The number of rotatable bonds is 4. The molecule has 2 N–H and O–H groups in total. The molecule has 0 atom stereocenters. The molecular weight excluding hydrogens is 186 g/mol. The summed E-state index contributed by atoms with van der Waals surface area (Å²) in [5, 5.41) is 2.20. The van der Waals surface area contributed by atoms with Crippen LogP contribution in [0.15, 0.2) is 48.8 Å². The second-order valence-electron chi connectivity index (χ2n) is 3.34. The first-order valence-electron chi connectivity index (χ1n) is 5.06. The highest BCUT2D eigenvalue weighted by Gasteiger charge is 1.97. The average molecular weight is 200 g/mol. The number of aromatic nitrogens is 2. The van der Waals surface area contributed by atoms with Crippen LogP contribution in [-0.2, 0) is 13.1 Å². The van der Waals surface area contributed by atoms with Gasteiger partial charge in [-0.1, -0.05) is 12.1 Å². The number of nitrogens with zero attached hydrogens (tertiary/aromatic N) is 2. The standard InChI is InChI=1S/C12H13N3/c1-3-7-14-11(5-1)9-13-10-12-6-2-4-8-15-12/h1-8,13H,9-10H2/p+1. The van der Waals surface area contributed by atoms with E-state index in [2.05, 4.69) is 15.3 Å². The molecule has 0 saturated heterocycles. The largest absolute Gasteiger partial charge is 0.336 e. The highest BCUT2D eigenvalue weighted by Crippen LogP contribution is 1.91. The number of pyridine rings is 2. The van der Waals surface area contributed by atoms with E-state index in [9.17, 15) is 0 Å². The quantitative estimate of drug-likeness (QED) is 0.791. The summed E-state index contributed by atoms with van der Waals surface area (Å²) >= 11 is 0. The van der Waals surface area contributed by atoms with Crippen molar-refractivity contribution in [2.75, 3.05) is 0 Å². The van der Waals surface area contributed by atoms with Crippen LogP contribution in [0.3, 0.4) is 0 Å². The van der Waals surface area contributed by atoms with E-state index in [4.69, 9.17) is 0 Å². The summed E-state index contributed by atoms with van der Waals surface area (Å²) in [4.78, 5) is 8.52. The Morgan fingerprint density at radius 1 is 0.800 bits per heavy atom. The minimum absolute atomic E-state index is 0.900. The van der Waals surface area contributed by atoms with Gasteiger partial charge in [-0.3, -0.25) is 9.97 Å². The van der Waals surface area contributed by atoms with E-state index >= 15 is 0 Å². The molecule has 2 rings (SSSR count). The molecule has 0 bridgehead atoms. The first kappa shape index (κ1) is 9.80. The number of nitrogens with two attached hydrogens (primary N) is 1. The molecule has 0 aromatic carbocycles. The summed E-state index contributed by atoms with van der Waals surface area (Å²) in [5.41, 5.74) is 2.21. The normalized spacial score (nSPS) is 10.1. The van der Waals surface area contributed by atoms with Crippen molar-refractivity contribution < 1.29 is 5.32 Å². The van der Waals surface area contributed by atoms with Gasteiger partial charge in [0, 0.05) is 12.4 Å². The van der Waals surface area contributed by atoms with Crippen LogP contribution in [0.25, 0.3) is 0 Å². The molecule has 3 nitrogen and oxygen atoms in total. The molecular formula is C12H14N3+. The molecule has 0 saturated carbocycles. The van der Waals surface area contributed by atoms with Crippen LogP contribution in [0.4, 0.5) is 0 Å². The maximum atomic E-state index is 4.26. The molecule has 76 valence electrons. The van der Waals surface area contributed by atoms with Gasteiger partial charge in [-0.2, -0.15) is 0 Å². The fourth-order valence-electron chi connectivity index (χ4n) is 1.41. The summed E-state index contributed by atoms with van der Waals surface area (Å²) < 4.78 is 0. The Balaban J connectivity index is 1.81. The highest BCUT2D eigenvalue weighted by molar-refractivity contribution is 5.02. The van der Waals surface area contributed by atoms with Crippen LogP contribution >= 0.6 is 0 Å².